The van der Waals surface area contributed by atoms with Gasteiger partial charge in [0.15, 0.2) is 0 Å². The maximum Gasteiger partial charge on any atom is 0.118 e. The molecule has 0 bridgehead atoms. The van der Waals surface area contributed by atoms with Crippen molar-refractivity contribution in [1.29, 1.82) is 10.8 Å². The zero-order valence-electron chi connectivity index (χ0n) is 13.9. The van der Waals surface area contributed by atoms with E-state index in [1.54, 1.807) is 18.4 Å². The highest BCUT2D eigenvalue weighted by molar-refractivity contribution is 7.13. The molecule has 2 N–H and O–H groups in total. The second-order valence-electron chi connectivity index (χ2n) is 6.10. The van der Waals surface area contributed by atoms with Crippen LogP contribution in [0.25, 0.3) is 0 Å². The van der Waals surface area contributed by atoms with Crippen molar-refractivity contribution in [3.05, 3.63) is 86.6 Å². The molecule has 1 aliphatic rings. The third-order valence-corrected chi connectivity index (χ3v) is 5.61. The zero-order chi connectivity index (χ0) is 17.4. The number of benzene rings is 2. The lowest BCUT2D eigenvalue weighted by Gasteiger charge is -2.21. The van der Waals surface area contributed by atoms with Gasteiger partial charge >= 0.3 is 0 Å². The van der Waals surface area contributed by atoms with Gasteiger partial charge in [-0.2, -0.15) is 0 Å². The molecule has 0 saturated heterocycles. The minimum absolute atomic E-state index is 0.536. The van der Waals surface area contributed by atoms with Crippen LogP contribution in [0.3, 0.4) is 0 Å². The van der Waals surface area contributed by atoms with Gasteiger partial charge < -0.3 is 4.74 Å². The summed E-state index contributed by atoms with van der Waals surface area (Å²) in [6, 6.07) is 16.1. The predicted octanol–water partition coefficient (Wildman–Crippen LogP) is 4.69. The zero-order valence-corrected chi connectivity index (χ0v) is 14.7. The fourth-order valence-electron chi connectivity index (χ4n) is 3.34. The summed E-state index contributed by atoms with van der Waals surface area (Å²) >= 11 is 1.55. The Kier molecular flexibility index (Phi) is 3.98. The van der Waals surface area contributed by atoms with Crippen molar-refractivity contribution in [2.24, 2.45) is 0 Å². The van der Waals surface area contributed by atoms with Crippen LogP contribution in [0.5, 0.6) is 5.75 Å². The number of thiophene rings is 1. The SMILES string of the molecule is COc1ccc(CCc2cccc3c2C(=N)c2sccc2C3=N)cc1. The number of aryl methyl sites for hydroxylation is 2. The minimum Gasteiger partial charge on any atom is -0.497 e. The molecule has 0 unspecified atom stereocenters. The van der Waals surface area contributed by atoms with Gasteiger partial charge in [-0.3, -0.25) is 10.8 Å². The average molecular weight is 346 g/mol. The first kappa shape index (κ1) is 15.8. The summed E-state index contributed by atoms with van der Waals surface area (Å²) < 4.78 is 5.21. The number of fused-ring (bicyclic) bond motifs is 2. The van der Waals surface area contributed by atoms with Crippen LogP contribution in [-0.4, -0.2) is 18.5 Å². The van der Waals surface area contributed by atoms with Crippen molar-refractivity contribution in [2.75, 3.05) is 7.11 Å². The van der Waals surface area contributed by atoms with E-state index < -0.39 is 0 Å². The van der Waals surface area contributed by atoms with Crippen molar-refractivity contribution in [3.63, 3.8) is 0 Å². The molecule has 1 heterocycles. The fourth-order valence-corrected chi connectivity index (χ4v) is 4.20. The summed E-state index contributed by atoms with van der Waals surface area (Å²) in [7, 11) is 1.67. The molecule has 0 atom stereocenters. The Morgan fingerprint density at radius 3 is 2.44 bits per heavy atom. The van der Waals surface area contributed by atoms with E-state index in [9.17, 15) is 0 Å². The fraction of sp³-hybridized carbons (Fsp3) is 0.143. The summed E-state index contributed by atoms with van der Waals surface area (Å²) in [5.74, 6) is 0.862. The van der Waals surface area contributed by atoms with Crippen molar-refractivity contribution in [3.8, 4) is 5.75 Å². The highest BCUT2D eigenvalue weighted by Gasteiger charge is 2.27. The lowest BCUT2D eigenvalue weighted by atomic mass is 9.84. The number of rotatable bonds is 4. The van der Waals surface area contributed by atoms with Gasteiger partial charge in [0, 0.05) is 16.7 Å². The Labute approximate surface area is 150 Å². The van der Waals surface area contributed by atoms with E-state index in [-0.39, 0.29) is 0 Å². The Bertz CT molecular complexity index is 970. The van der Waals surface area contributed by atoms with Crippen LogP contribution in [0.4, 0.5) is 0 Å². The third-order valence-electron chi connectivity index (χ3n) is 4.67. The molecule has 0 amide bonds. The highest BCUT2D eigenvalue weighted by Crippen LogP contribution is 2.33. The molecule has 0 saturated carbocycles. The standard InChI is InChI=1S/C21H18N2OS/c1-24-15-9-6-13(7-10-15)5-8-14-3-2-4-16-18(14)20(23)21-17(19(16)22)11-12-25-21/h2-4,6-7,9-12,22-23H,5,8H2,1H3. The molecule has 0 radical (unpaired) electrons. The second-order valence-corrected chi connectivity index (χ2v) is 7.02. The van der Waals surface area contributed by atoms with E-state index in [1.165, 1.54) is 5.56 Å². The Hall–Kier alpha value is -2.72. The third kappa shape index (κ3) is 2.68. The van der Waals surface area contributed by atoms with Crippen LogP contribution in [0, 0.1) is 10.8 Å². The van der Waals surface area contributed by atoms with Crippen molar-refractivity contribution in [1.82, 2.24) is 0 Å². The predicted molar refractivity (Wildman–Crippen MR) is 103 cm³/mol. The number of nitrogens with one attached hydrogen (secondary N) is 2. The summed E-state index contributed by atoms with van der Waals surface area (Å²) in [4.78, 5) is 0.911. The molecule has 4 heteroatoms. The van der Waals surface area contributed by atoms with E-state index in [4.69, 9.17) is 15.6 Å². The maximum absolute atomic E-state index is 8.63. The molecule has 1 aromatic heterocycles. The summed E-state index contributed by atoms with van der Waals surface area (Å²) in [6.45, 7) is 0. The van der Waals surface area contributed by atoms with Crippen molar-refractivity contribution in [2.45, 2.75) is 12.8 Å². The first-order valence-electron chi connectivity index (χ1n) is 8.20. The van der Waals surface area contributed by atoms with Crippen LogP contribution in [0.1, 0.15) is 32.7 Å². The van der Waals surface area contributed by atoms with Crippen LogP contribution in [-0.2, 0) is 12.8 Å². The molecule has 124 valence electrons. The van der Waals surface area contributed by atoms with Gasteiger partial charge in [0.2, 0.25) is 0 Å². The van der Waals surface area contributed by atoms with Gasteiger partial charge in [-0.25, -0.2) is 0 Å². The van der Waals surface area contributed by atoms with Gasteiger partial charge in [-0.1, -0.05) is 30.3 Å². The quantitative estimate of drug-likeness (QED) is 0.553. The Morgan fingerprint density at radius 1 is 0.880 bits per heavy atom. The number of hydrogen-bond acceptors (Lipinski definition) is 4. The highest BCUT2D eigenvalue weighted by atomic mass is 32.1. The van der Waals surface area contributed by atoms with E-state index in [0.29, 0.717) is 11.4 Å². The Balaban J connectivity index is 1.65. The van der Waals surface area contributed by atoms with E-state index in [2.05, 4.69) is 18.2 Å². The molecule has 0 spiro atoms. The van der Waals surface area contributed by atoms with E-state index in [1.807, 2.05) is 35.7 Å². The monoisotopic (exact) mass is 346 g/mol. The normalized spacial score (nSPS) is 12.7. The van der Waals surface area contributed by atoms with Gasteiger partial charge in [0.1, 0.15) is 5.75 Å². The molecule has 0 aliphatic heterocycles. The minimum atomic E-state index is 0.536. The molecule has 3 aromatic rings. The number of methoxy groups -OCH3 is 1. The van der Waals surface area contributed by atoms with Gasteiger partial charge in [-0.15, -0.1) is 11.3 Å². The largest absolute Gasteiger partial charge is 0.497 e. The molecule has 25 heavy (non-hydrogen) atoms. The summed E-state index contributed by atoms with van der Waals surface area (Å²) in [5.41, 5.74) is 6.17. The van der Waals surface area contributed by atoms with Gasteiger partial charge in [-0.05, 0) is 47.5 Å². The lowest BCUT2D eigenvalue weighted by molar-refractivity contribution is 0.414. The van der Waals surface area contributed by atoms with Crippen LogP contribution in [0.2, 0.25) is 0 Å². The molecular weight excluding hydrogens is 328 g/mol. The lowest BCUT2D eigenvalue weighted by Crippen LogP contribution is -2.21. The molecule has 3 nitrogen and oxygen atoms in total. The maximum atomic E-state index is 8.63. The first-order valence-corrected chi connectivity index (χ1v) is 9.08. The molecule has 0 fully saturated rings. The van der Waals surface area contributed by atoms with Gasteiger partial charge in [0.05, 0.1) is 23.4 Å². The van der Waals surface area contributed by atoms with E-state index >= 15 is 0 Å². The van der Waals surface area contributed by atoms with E-state index in [0.717, 1.165) is 45.7 Å². The Morgan fingerprint density at radius 2 is 1.68 bits per heavy atom. The first-order chi connectivity index (χ1) is 12.2. The summed E-state index contributed by atoms with van der Waals surface area (Å²) in [5, 5.41) is 19.1. The molecule has 2 aromatic carbocycles. The second kappa shape index (κ2) is 6.30. The smallest absolute Gasteiger partial charge is 0.118 e. The number of hydrogen-bond donors (Lipinski definition) is 2. The van der Waals surface area contributed by atoms with Crippen LogP contribution >= 0.6 is 11.3 Å². The van der Waals surface area contributed by atoms with Crippen LogP contribution < -0.4 is 4.74 Å². The summed E-state index contributed by atoms with van der Waals surface area (Å²) in [6.07, 6.45) is 1.75. The molecule has 4 rings (SSSR count). The average Bonchev–Trinajstić information content (AvgIpc) is 3.15. The molecule has 1 aliphatic carbocycles. The van der Waals surface area contributed by atoms with Crippen molar-refractivity contribution >= 4 is 22.8 Å². The van der Waals surface area contributed by atoms with Gasteiger partial charge in [0.25, 0.3) is 0 Å². The number of ether oxygens (including phenoxy) is 1. The van der Waals surface area contributed by atoms with Crippen LogP contribution in [0.15, 0.2) is 53.9 Å². The molecular formula is C21H18N2OS. The topological polar surface area (TPSA) is 56.9 Å². The van der Waals surface area contributed by atoms with Crippen molar-refractivity contribution < 1.29 is 4.74 Å².